The quantitative estimate of drug-likeness (QED) is 0.923. The summed E-state index contributed by atoms with van der Waals surface area (Å²) in [6.45, 7) is 3.99. The Kier molecular flexibility index (Phi) is 4.09. The summed E-state index contributed by atoms with van der Waals surface area (Å²) in [5, 5.41) is 0. The van der Waals surface area contributed by atoms with Gasteiger partial charge in [-0.2, -0.15) is 0 Å². The Morgan fingerprint density at radius 3 is 2.20 bits per heavy atom. The highest BCUT2D eigenvalue weighted by Gasteiger charge is 2.24. The Morgan fingerprint density at radius 1 is 1.10 bits per heavy atom. The molecule has 2 rings (SSSR count). The summed E-state index contributed by atoms with van der Waals surface area (Å²) in [6, 6.07) is 13.0. The molecule has 0 saturated carbocycles. The Labute approximate surface area is 119 Å². The molecule has 2 aromatic carbocycles. The molecule has 0 fully saturated rings. The second-order valence-electron chi connectivity index (χ2n) is 5.10. The van der Waals surface area contributed by atoms with Crippen molar-refractivity contribution in [2.45, 2.75) is 25.8 Å². The highest BCUT2D eigenvalue weighted by molar-refractivity contribution is 5.41. The van der Waals surface area contributed by atoms with Gasteiger partial charge in [0.25, 0.3) is 0 Å². The van der Waals surface area contributed by atoms with Crippen molar-refractivity contribution in [3.05, 3.63) is 65.0 Å². The van der Waals surface area contributed by atoms with Gasteiger partial charge >= 0.3 is 0 Å². The number of ether oxygens (including phenoxy) is 1. The molecule has 0 aliphatic rings. The Bertz CT molecular complexity index is 590. The summed E-state index contributed by atoms with van der Waals surface area (Å²) < 4.78 is 18.8. The highest BCUT2D eigenvalue weighted by Crippen LogP contribution is 2.29. The molecule has 106 valence electrons. The second kappa shape index (κ2) is 5.63. The van der Waals surface area contributed by atoms with Gasteiger partial charge in [0.05, 0.1) is 12.6 Å². The fraction of sp³-hybridized carbons (Fsp3) is 0.294. The number of methoxy groups -OCH3 is 1. The Morgan fingerprint density at radius 2 is 1.70 bits per heavy atom. The zero-order valence-electron chi connectivity index (χ0n) is 12.1. The smallest absolute Gasteiger partial charge is 0.165 e. The van der Waals surface area contributed by atoms with Crippen LogP contribution >= 0.6 is 0 Å². The summed E-state index contributed by atoms with van der Waals surface area (Å²) in [4.78, 5) is 0. The first kappa shape index (κ1) is 14.5. The van der Waals surface area contributed by atoms with Gasteiger partial charge in [0, 0.05) is 0 Å². The van der Waals surface area contributed by atoms with E-state index in [2.05, 4.69) is 19.1 Å². The van der Waals surface area contributed by atoms with Crippen LogP contribution in [0.5, 0.6) is 5.75 Å². The van der Waals surface area contributed by atoms with Crippen molar-refractivity contribution < 1.29 is 9.13 Å². The molecule has 3 heteroatoms. The third-order valence-corrected chi connectivity index (χ3v) is 3.71. The molecule has 0 radical (unpaired) electrons. The van der Waals surface area contributed by atoms with Crippen LogP contribution in [0.2, 0.25) is 0 Å². The van der Waals surface area contributed by atoms with E-state index in [4.69, 9.17) is 10.5 Å². The lowest BCUT2D eigenvalue weighted by atomic mass is 9.85. The van der Waals surface area contributed by atoms with Crippen LogP contribution in [0.3, 0.4) is 0 Å². The predicted molar refractivity (Wildman–Crippen MR) is 79.4 cm³/mol. The summed E-state index contributed by atoms with van der Waals surface area (Å²) in [5.74, 6) is -0.169. The summed E-state index contributed by atoms with van der Waals surface area (Å²) in [5.41, 5.74) is 8.60. The zero-order valence-corrected chi connectivity index (χ0v) is 12.1. The van der Waals surface area contributed by atoms with Crippen molar-refractivity contribution in [2.24, 2.45) is 5.73 Å². The third kappa shape index (κ3) is 2.68. The fourth-order valence-electron chi connectivity index (χ4n) is 2.24. The normalized spacial score (nSPS) is 13.8. The Hall–Kier alpha value is -1.87. The lowest BCUT2D eigenvalue weighted by molar-refractivity contribution is 0.385. The molecule has 0 heterocycles. The van der Waals surface area contributed by atoms with Crippen LogP contribution in [0.4, 0.5) is 4.39 Å². The van der Waals surface area contributed by atoms with Gasteiger partial charge in [0.15, 0.2) is 11.6 Å². The molecular formula is C17H20FNO. The largest absolute Gasteiger partial charge is 0.494 e. The number of hydrogen-bond acceptors (Lipinski definition) is 2. The van der Waals surface area contributed by atoms with Gasteiger partial charge in [0.1, 0.15) is 0 Å². The van der Waals surface area contributed by atoms with E-state index in [9.17, 15) is 4.39 Å². The molecule has 0 spiro atoms. The summed E-state index contributed by atoms with van der Waals surface area (Å²) >= 11 is 0. The fourth-order valence-corrected chi connectivity index (χ4v) is 2.24. The molecule has 2 aromatic rings. The van der Waals surface area contributed by atoms with E-state index in [1.54, 1.807) is 12.1 Å². The average molecular weight is 273 g/mol. The maximum atomic E-state index is 13.8. The van der Waals surface area contributed by atoms with Crippen LogP contribution in [0, 0.1) is 5.82 Å². The van der Waals surface area contributed by atoms with Crippen LogP contribution in [-0.2, 0) is 12.0 Å². The number of halogens is 1. The van der Waals surface area contributed by atoms with E-state index >= 15 is 0 Å². The second-order valence-corrected chi connectivity index (χ2v) is 5.10. The van der Waals surface area contributed by atoms with Crippen molar-refractivity contribution in [1.29, 1.82) is 0 Å². The van der Waals surface area contributed by atoms with Gasteiger partial charge in [-0.3, -0.25) is 0 Å². The van der Waals surface area contributed by atoms with E-state index < -0.39 is 11.4 Å². The molecule has 2 nitrogen and oxygen atoms in total. The maximum absolute atomic E-state index is 13.8. The first-order chi connectivity index (χ1) is 9.48. The van der Waals surface area contributed by atoms with Crippen molar-refractivity contribution >= 4 is 0 Å². The number of nitrogens with two attached hydrogens (primary N) is 1. The van der Waals surface area contributed by atoms with Gasteiger partial charge in [-0.1, -0.05) is 37.3 Å². The lowest BCUT2D eigenvalue weighted by Crippen LogP contribution is -2.34. The Balaban J connectivity index is 2.39. The summed E-state index contributed by atoms with van der Waals surface area (Å²) in [6.07, 6.45) is 0.985. The van der Waals surface area contributed by atoms with Gasteiger partial charge in [-0.05, 0) is 42.2 Å². The number of hydrogen-bond donors (Lipinski definition) is 1. The molecule has 2 N–H and O–H groups in total. The number of benzene rings is 2. The maximum Gasteiger partial charge on any atom is 0.165 e. The topological polar surface area (TPSA) is 35.2 Å². The monoisotopic (exact) mass is 273 g/mol. The zero-order chi connectivity index (χ0) is 14.8. The van der Waals surface area contributed by atoms with E-state index in [0.29, 0.717) is 0 Å². The molecule has 0 saturated heterocycles. The molecule has 1 unspecified atom stereocenters. The number of aryl methyl sites for hydroxylation is 1. The third-order valence-electron chi connectivity index (χ3n) is 3.71. The standard InChI is InChI=1S/C17H20FNO/c1-4-12-5-7-13(8-6-12)17(2,19)14-9-10-16(20-3)15(18)11-14/h5-11H,4,19H2,1-3H3. The first-order valence-corrected chi connectivity index (χ1v) is 6.71. The van der Waals surface area contributed by atoms with Crippen molar-refractivity contribution in [3.8, 4) is 5.75 Å². The van der Waals surface area contributed by atoms with Crippen molar-refractivity contribution in [2.75, 3.05) is 7.11 Å². The van der Waals surface area contributed by atoms with Crippen molar-refractivity contribution in [1.82, 2.24) is 0 Å². The molecule has 1 atom stereocenters. The molecule has 0 aliphatic carbocycles. The number of rotatable bonds is 4. The van der Waals surface area contributed by atoms with Crippen LogP contribution in [0.1, 0.15) is 30.5 Å². The van der Waals surface area contributed by atoms with Crippen molar-refractivity contribution in [3.63, 3.8) is 0 Å². The minimum absolute atomic E-state index is 0.228. The van der Waals surface area contributed by atoms with Crippen LogP contribution in [-0.4, -0.2) is 7.11 Å². The highest BCUT2D eigenvalue weighted by atomic mass is 19.1. The van der Waals surface area contributed by atoms with Gasteiger partial charge in [-0.25, -0.2) is 4.39 Å². The van der Waals surface area contributed by atoms with E-state index in [1.807, 2.05) is 19.1 Å². The van der Waals surface area contributed by atoms with Gasteiger partial charge in [0.2, 0.25) is 0 Å². The summed E-state index contributed by atoms with van der Waals surface area (Å²) in [7, 11) is 1.45. The molecular weight excluding hydrogens is 253 g/mol. The predicted octanol–water partition coefficient (Wildman–Crippen LogP) is 3.62. The van der Waals surface area contributed by atoms with Crippen LogP contribution < -0.4 is 10.5 Å². The van der Waals surface area contributed by atoms with E-state index in [1.165, 1.54) is 18.7 Å². The lowest BCUT2D eigenvalue weighted by Gasteiger charge is -2.26. The van der Waals surface area contributed by atoms with E-state index in [0.717, 1.165) is 17.5 Å². The average Bonchev–Trinajstić information content (AvgIpc) is 2.47. The van der Waals surface area contributed by atoms with Crippen LogP contribution in [0.15, 0.2) is 42.5 Å². The minimum atomic E-state index is -0.737. The molecule has 0 bridgehead atoms. The SMILES string of the molecule is CCc1ccc(C(C)(N)c2ccc(OC)c(F)c2)cc1. The van der Waals surface area contributed by atoms with Gasteiger partial charge < -0.3 is 10.5 Å². The molecule has 20 heavy (non-hydrogen) atoms. The molecule has 0 aromatic heterocycles. The molecule has 0 aliphatic heterocycles. The first-order valence-electron chi connectivity index (χ1n) is 6.71. The van der Waals surface area contributed by atoms with Gasteiger partial charge in [-0.15, -0.1) is 0 Å². The molecule has 0 amide bonds. The van der Waals surface area contributed by atoms with E-state index in [-0.39, 0.29) is 5.75 Å². The van der Waals surface area contributed by atoms with Crippen LogP contribution in [0.25, 0.3) is 0 Å². The minimum Gasteiger partial charge on any atom is -0.494 e.